The lowest BCUT2D eigenvalue weighted by Gasteiger charge is -2.20. The molecule has 2 nitrogen and oxygen atoms in total. The molecule has 0 amide bonds. The van der Waals surface area contributed by atoms with Gasteiger partial charge in [0.2, 0.25) is 0 Å². The quantitative estimate of drug-likeness (QED) is 0.690. The molecule has 1 atom stereocenters. The zero-order chi connectivity index (χ0) is 9.78. The lowest BCUT2D eigenvalue weighted by molar-refractivity contribution is -0.125. The third-order valence-electron chi connectivity index (χ3n) is 2.38. The molecule has 0 aliphatic carbocycles. The van der Waals surface area contributed by atoms with Crippen molar-refractivity contribution >= 4 is 5.78 Å². The van der Waals surface area contributed by atoms with Gasteiger partial charge in [0.1, 0.15) is 5.78 Å². The van der Waals surface area contributed by atoms with Crippen LogP contribution in [0, 0.1) is 5.41 Å². The molecule has 0 aliphatic rings. The minimum atomic E-state index is -0.243. The summed E-state index contributed by atoms with van der Waals surface area (Å²) in [6.07, 6.45) is 2.33. The number of ketones is 1. The fourth-order valence-corrected chi connectivity index (χ4v) is 1.02. The van der Waals surface area contributed by atoms with Crippen LogP contribution in [0.25, 0.3) is 0 Å². The van der Waals surface area contributed by atoms with Crippen LogP contribution in [0.5, 0.6) is 0 Å². The number of aliphatic hydroxyl groups excluding tert-OH is 1. The van der Waals surface area contributed by atoms with Gasteiger partial charge in [-0.2, -0.15) is 0 Å². The summed E-state index contributed by atoms with van der Waals surface area (Å²) in [5.74, 6) is 0.230. The lowest BCUT2D eigenvalue weighted by atomic mass is 9.83. The van der Waals surface area contributed by atoms with Crippen LogP contribution in [-0.2, 0) is 4.79 Å². The Balaban J connectivity index is 3.69. The molecule has 0 aromatic carbocycles. The van der Waals surface area contributed by atoms with Crippen molar-refractivity contribution < 1.29 is 9.90 Å². The Bertz CT molecular complexity index is 148. The van der Waals surface area contributed by atoms with Gasteiger partial charge in [-0.25, -0.2) is 0 Å². The standard InChI is InChI=1S/C10H20O2/c1-8(11)6-5-7-10(3,4)9(2)12/h8,11H,5-7H2,1-4H3. The molecule has 0 aliphatic heterocycles. The molecule has 2 heteroatoms. The van der Waals surface area contributed by atoms with Crippen molar-refractivity contribution in [3.8, 4) is 0 Å². The molecule has 1 unspecified atom stereocenters. The van der Waals surface area contributed by atoms with Crippen LogP contribution in [0.15, 0.2) is 0 Å². The average Bonchev–Trinajstić information content (AvgIpc) is 1.85. The molecule has 0 saturated carbocycles. The molecule has 0 fully saturated rings. The maximum absolute atomic E-state index is 11.1. The van der Waals surface area contributed by atoms with Gasteiger partial charge in [-0.05, 0) is 33.1 Å². The van der Waals surface area contributed by atoms with Gasteiger partial charge in [0.25, 0.3) is 0 Å². The summed E-state index contributed by atoms with van der Waals surface area (Å²) in [4.78, 5) is 11.1. The summed E-state index contributed by atoms with van der Waals surface area (Å²) in [5.41, 5.74) is -0.213. The van der Waals surface area contributed by atoms with E-state index in [-0.39, 0.29) is 17.3 Å². The maximum Gasteiger partial charge on any atom is 0.135 e. The van der Waals surface area contributed by atoms with Crippen LogP contribution in [0.4, 0.5) is 0 Å². The van der Waals surface area contributed by atoms with Crippen LogP contribution in [0.1, 0.15) is 47.0 Å². The number of hydrogen-bond acceptors (Lipinski definition) is 2. The van der Waals surface area contributed by atoms with Crippen molar-refractivity contribution in [1.82, 2.24) is 0 Å². The minimum Gasteiger partial charge on any atom is -0.393 e. The van der Waals surface area contributed by atoms with Crippen molar-refractivity contribution in [2.24, 2.45) is 5.41 Å². The number of carbonyl (C=O) groups excluding carboxylic acids is 1. The topological polar surface area (TPSA) is 37.3 Å². The number of hydrogen-bond donors (Lipinski definition) is 1. The molecule has 0 aromatic rings. The third kappa shape index (κ3) is 4.50. The fourth-order valence-electron chi connectivity index (χ4n) is 1.02. The van der Waals surface area contributed by atoms with E-state index < -0.39 is 0 Å². The lowest BCUT2D eigenvalue weighted by Crippen LogP contribution is -2.21. The number of aliphatic hydroxyl groups is 1. The van der Waals surface area contributed by atoms with Gasteiger partial charge >= 0.3 is 0 Å². The summed E-state index contributed by atoms with van der Waals surface area (Å²) in [5, 5.41) is 9.00. The van der Waals surface area contributed by atoms with E-state index >= 15 is 0 Å². The third-order valence-corrected chi connectivity index (χ3v) is 2.38. The average molecular weight is 172 g/mol. The highest BCUT2D eigenvalue weighted by molar-refractivity contribution is 5.81. The van der Waals surface area contributed by atoms with Gasteiger partial charge in [0.15, 0.2) is 0 Å². The van der Waals surface area contributed by atoms with E-state index in [4.69, 9.17) is 5.11 Å². The molecule has 1 N–H and O–H groups in total. The van der Waals surface area contributed by atoms with Gasteiger partial charge in [0.05, 0.1) is 6.10 Å². The Morgan fingerprint density at radius 1 is 1.50 bits per heavy atom. The molecule has 0 rings (SSSR count). The van der Waals surface area contributed by atoms with E-state index in [2.05, 4.69) is 0 Å². The number of carbonyl (C=O) groups is 1. The Labute approximate surface area is 75.0 Å². The molecule has 12 heavy (non-hydrogen) atoms. The first kappa shape index (κ1) is 11.6. The molecule has 0 aromatic heterocycles. The minimum absolute atomic E-state index is 0.213. The summed E-state index contributed by atoms with van der Waals surface area (Å²) in [6, 6.07) is 0. The first-order valence-corrected chi connectivity index (χ1v) is 4.55. The number of Topliss-reactive ketones (excluding diaryl/α,β-unsaturated/α-hetero) is 1. The second-order valence-corrected chi connectivity index (χ2v) is 4.18. The Kier molecular flexibility index (Phi) is 4.46. The highest BCUT2D eigenvalue weighted by Gasteiger charge is 2.22. The highest BCUT2D eigenvalue weighted by Crippen LogP contribution is 2.24. The van der Waals surface area contributed by atoms with E-state index in [1.165, 1.54) is 0 Å². The van der Waals surface area contributed by atoms with Crippen molar-refractivity contribution in [1.29, 1.82) is 0 Å². The van der Waals surface area contributed by atoms with Crippen LogP contribution in [0.2, 0.25) is 0 Å². The molecule has 0 radical (unpaired) electrons. The zero-order valence-electron chi connectivity index (χ0n) is 8.55. The first-order chi connectivity index (χ1) is 5.36. The second-order valence-electron chi connectivity index (χ2n) is 4.18. The fraction of sp³-hybridized carbons (Fsp3) is 0.900. The van der Waals surface area contributed by atoms with E-state index in [1.54, 1.807) is 13.8 Å². The van der Waals surface area contributed by atoms with Crippen molar-refractivity contribution in [3.63, 3.8) is 0 Å². The van der Waals surface area contributed by atoms with Crippen molar-refractivity contribution in [2.45, 2.75) is 53.1 Å². The maximum atomic E-state index is 11.1. The molecule has 0 spiro atoms. The Morgan fingerprint density at radius 3 is 2.33 bits per heavy atom. The van der Waals surface area contributed by atoms with Gasteiger partial charge < -0.3 is 5.11 Å². The van der Waals surface area contributed by atoms with Crippen LogP contribution in [0.3, 0.4) is 0 Å². The smallest absolute Gasteiger partial charge is 0.135 e. The molecule has 0 heterocycles. The van der Waals surface area contributed by atoms with Crippen LogP contribution >= 0.6 is 0 Å². The normalized spacial score (nSPS) is 14.4. The molecule has 0 bridgehead atoms. The summed E-state index contributed by atoms with van der Waals surface area (Å²) >= 11 is 0. The predicted octanol–water partition coefficient (Wildman–Crippen LogP) is 2.15. The van der Waals surface area contributed by atoms with E-state index in [0.29, 0.717) is 0 Å². The molecule has 72 valence electrons. The van der Waals surface area contributed by atoms with Gasteiger partial charge in [0, 0.05) is 5.41 Å². The van der Waals surface area contributed by atoms with Gasteiger partial charge in [-0.3, -0.25) is 4.79 Å². The van der Waals surface area contributed by atoms with E-state index in [1.807, 2.05) is 13.8 Å². The summed E-state index contributed by atoms with van der Waals surface area (Å²) in [6.45, 7) is 7.32. The van der Waals surface area contributed by atoms with Crippen LogP contribution < -0.4 is 0 Å². The van der Waals surface area contributed by atoms with E-state index in [0.717, 1.165) is 19.3 Å². The zero-order valence-corrected chi connectivity index (χ0v) is 8.55. The summed E-state index contributed by atoms with van der Waals surface area (Å²) in [7, 11) is 0. The van der Waals surface area contributed by atoms with Gasteiger partial charge in [-0.1, -0.05) is 13.8 Å². The SMILES string of the molecule is CC(=O)C(C)(C)CCCC(C)O. The van der Waals surface area contributed by atoms with E-state index in [9.17, 15) is 4.79 Å². The molecular formula is C10H20O2. The molecular weight excluding hydrogens is 152 g/mol. The van der Waals surface area contributed by atoms with Crippen molar-refractivity contribution in [2.75, 3.05) is 0 Å². The van der Waals surface area contributed by atoms with Gasteiger partial charge in [-0.15, -0.1) is 0 Å². The predicted molar refractivity (Wildman–Crippen MR) is 50.0 cm³/mol. The molecule has 0 saturated heterocycles. The van der Waals surface area contributed by atoms with Crippen molar-refractivity contribution in [3.05, 3.63) is 0 Å². The highest BCUT2D eigenvalue weighted by atomic mass is 16.3. The van der Waals surface area contributed by atoms with Crippen LogP contribution in [-0.4, -0.2) is 17.0 Å². The second kappa shape index (κ2) is 4.61. The first-order valence-electron chi connectivity index (χ1n) is 4.55. The monoisotopic (exact) mass is 172 g/mol. The Hall–Kier alpha value is -0.370. The summed E-state index contributed by atoms with van der Waals surface area (Å²) < 4.78 is 0. The largest absolute Gasteiger partial charge is 0.393 e. The Morgan fingerprint density at radius 2 is 2.00 bits per heavy atom. The number of rotatable bonds is 5.